The van der Waals surface area contributed by atoms with E-state index in [0.29, 0.717) is 0 Å². The molecule has 1 aromatic carbocycles. The van der Waals surface area contributed by atoms with E-state index in [2.05, 4.69) is 10.0 Å². The van der Waals surface area contributed by atoms with Crippen molar-refractivity contribution in [3.8, 4) is 0 Å². The highest BCUT2D eigenvalue weighted by Gasteiger charge is 2.28. The van der Waals surface area contributed by atoms with E-state index in [0.717, 1.165) is 0 Å². The van der Waals surface area contributed by atoms with Crippen molar-refractivity contribution in [2.24, 2.45) is 5.41 Å². The minimum atomic E-state index is -3.64. The van der Waals surface area contributed by atoms with Crippen LogP contribution in [0.25, 0.3) is 0 Å². The Morgan fingerprint density at radius 2 is 1.90 bits per heavy atom. The average Bonchev–Trinajstić information content (AvgIpc) is 2.39. The molecule has 0 spiro atoms. The van der Waals surface area contributed by atoms with Crippen molar-refractivity contribution in [1.29, 1.82) is 0 Å². The highest BCUT2D eigenvalue weighted by molar-refractivity contribution is 7.89. The SMILES string of the molecule is CCNS(=O)(=O)c1ccccc1NC(=O)C(C)(C)CCl. The Morgan fingerprint density at radius 3 is 2.45 bits per heavy atom. The smallest absolute Gasteiger partial charge is 0.242 e. The third kappa shape index (κ3) is 3.94. The van der Waals surface area contributed by atoms with Gasteiger partial charge in [-0.3, -0.25) is 4.79 Å². The van der Waals surface area contributed by atoms with E-state index in [1.807, 2.05) is 0 Å². The molecule has 0 atom stereocenters. The van der Waals surface area contributed by atoms with E-state index >= 15 is 0 Å². The molecule has 0 saturated heterocycles. The molecular weight excluding hydrogens is 300 g/mol. The summed E-state index contributed by atoms with van der Waals surface area (Å²) in [5.41, 5.74) is -0.534. The van der Waals surface area contributed by atoms with Crippen LogP contribution < -0.4 is 10.0 Å². The van der Waals surface area contributed by atoms with Gasteiger partial charge < -0.3 is 5.32 Å². The van der Waals surface area contributed by atoms with Crippen LogP contribution in [0.1, 0.15) is 20.8 Å². The first-order valence-electron chi connectivity index (χ1n) is 6.20. The number of anilines is 1. The molecular formula is C13H19ClN2O3S. The normalized spacial score (nSPS) is 12.2. The molecule has 0 unspecified atom stereocenters. The van der Waals surface area contributed by atoms with Gasteiger partial charge in [-0.15, -0.1) is 11.6 Å². The van der Waals surface area contributed by atoms with E-state index in [1.54, 1.807) is 39.0 Å². The average molecular weight is 319 g/mol. The Balaban J connectivity index is 3.13. The summed E-state index contributed by atoms with van der Waals surface area (Å²) < 4.78 is 26.5. The maximum absolute atomic E-state index is 12.1. The monoisotopic (exact) mass is 318 g/mol. The van der Waals surface area contributed by atoms with Gasteiger partial charge in [0, 0.05) is 12.4 Å². The van der Waals surface area contributed by atoms with Gasteiger partial charge in [0.05, 0.1) is 11.1 Å². The van der Waals surface area contributed by atoms with Crippen LogP contribution in [-0.4, -0.2) is 26.7 Å². The largest absolute Gasteiger partial charge is 0.324 e. The first-order chi connectivity index (χ1) is 9.24. The summed E-state index contributed by atoms with van der Waals surface area (Å²) in [6.45, 7) is 5.35. The van der Waals surface area contributed by atoms with E-state index in [4.69, 9.17) is 11.6 Å². The second-order valence-electron chi connectivity index (χ2n) is 4.97. The number of sulfonamides is 1. The van der Waals surface area contributed by atoms with E-state index in [1.165, 1.54) is 6.07 Å². The lowest BCUT2D eigenvalue weighted by molar-refractivity contribution is -0.122. The lowest BCUT2D eigenvalue weighted by Gasteiger charge is -2.21. The Bertz CT molecular complexity index is 585. The number of hydrogen-bond acceptors (Lipinski definition) is 3. The number of halogens is 1. The molecule has 7 heteroatoms. The summed E-state index contributed by atoms with van der Waals surface area (Å²) in [6, 6.07) is 6.26. The van der Waals surface area contributed by atoms with Crippen LogP contribution in [0.2, 0.25) is 0 Å². The van der Waals surface area contributed by atoms with Crippen molar-refractivity contribution in [2.75, 3.05) is 17.7 Å². The van der Waals surface area contributed by atoms with Crippen molar-refractivity contribution in [2.45, 2.75) is 25.7 Å². The van der Waals surface area contributed by atoms with Crippen molar-refractivity contribution < 1.29 is 13.2 Å². The summed E-state index contributed by atoms with van der Waals surface area (Å²) in [6.07, 6.45) is 0. The lowest BCUT2D eigenvalue weighted by Crippen LogP contribution is -2.33. The minimum absolute atomic E-state index is 0.0422. The molecule has 0 aliphatic heterocycles. The van der Waals surface area contributed by atoms with Crippen LogP contribution in [-0.2, 0) is 14.8 Å². The summed E-state index contributed by atoms with van der Waals surface area (Å²) in [7, 11) is -3.64. The van der Waals surface area contributed by atoms with Crippen molar-refractivity contribution >= 4 is 33.2 Å². The van der Waals surface area contributed by atoms with Crippen molar-refractivity contribution in [3.05, 3.63) is 24.3 Å². The van der Waals surface area contributed by atoms with Gasteiger partial charge in [0.15, 0.2) is 0 Å². The second kappa shape index (κ2) is 6.56. The van der Waals surface area contributed by atoms with Gasteiger partial charge in [-0.25, -0.2) is 13.1 Å². The number of hydrogen-bond donors (Lipinski definition) is 2. The molecule has 0 saturated carbocycles. The molecule has 1 aromatic rings. The minimum Gasteiger partial charge on any atom is -0.324 e. The fourth-order valence-corrected chi connectivity index (χ4v) is 2.75. The van der Waals surface area contributed by atoms with E-state index < -0.39 is 15.4 Å². The molecule has 20 heavy (non-hydrogen) atoms. The van der Waals surface area contributed by atoms with Crippen LogP contribution in [0, 0.1) is 5.41 Å². The van der Waals surface area contributed by atoms with Gasteiger partial charge in [-0.1, -0.05) is 19.1 Å². The Labute approximate surface area is 124 Å². The maximum Gasteiger partial charge on any atom is 0.242 e. The molecule has 112 valence electrons. The van der Waals surface area contributed by atoms with Crippen LogP contribution in [0.4, 0.5) is 5.69 Å². The maximum atomic E-state index is 12.1. The summed E-state index contributed by atoms with van der Waals surface area (Å²) in [4.78, 5) is 12.1. The number of amides is 1. The summed E-state index contributed by atoms with van der Waals surface area (Å²) >= 11 is 5.74. The van der Waals surface area contributed by atoms with Crippen LogP contribution in [0.5, 0.6) is 0 Å². The van der Waals surface area contributed by atoms with Crippen LogP contribution in [0.3, 0.4) is 0 Å². The first kappa shape index (κ1) is 16.9. The fraction of sp³-hybridized carbons (Fsp3) is 0.462. The van der Waals surface area contributed by atoms with Gasteiger partial charge in [0.1, 0.15) is 4.90 Å². The zero-order chi connectivity index (χ0) is 15.4. The van der Waals surface area contributed by atoms with Crippen molar-refractivity contribution in [1.82, 2.24) is 4.72 Å². The first-order valence-corrected chi connectivity index (χ1v) is 8.22. The number of carbonyl (C=O) groups excluding carboxylic acids is 1. The Morgan fingerprint density at radius 1 is 1.30 bits per heavy atom. The molecule has 0 aliphatic rings. The molecule has 0 bridgehead atoms. The van der Waals surface area contributed by atoms with E-state index in [9.17, 15) is 13.2 Å². The molecule has 0 aromatic heterocycles. The molecule has 0 heterocycles. The highest BCUT2D eigenvalue weighted by Crippen LogP contribution is 2.24. The molecule has 0 radical (unpaired) electrons. The zero-order valence-corrected chi connectivity index (χ0v) is 13.3. The molecule has 2 N–H and O–H groups in total. The standard InChI is InChI=1S/C13H19ClN2O3S/c1-4-15-20(18,19)11-8-6-5-7-10(11)16-12(17)13(2,3)9-14/h5-8,15H,4,9H2,1-3H3,(H,16,17). The number of para-hydroxylation sites is 1. The number of rotatable bonds is 6. The molecule has 5 nitrogen and oxygen atoms in total. The van der Waals surface area contributed by atoms with Gasteiger partial charge in [-0.2, -0.15) is 0 Å². The second-order valence-corrected chi connectivity index (χ2v) is 6.97. The van der Waals surface area contributed by atoms with Crippen LogP contribution >= 0.6 is 11.6 Å². The number of carbonyl (C=O) groups is 1. The summed E-state index contributed by atoms with van der Waals surface area (Å²) in [5.74, 6) is -0.187. The van der Waals surface area contributed by atoms with Crippen LogP contribution in [0.15, 0.2) is 29.2 Å². The number of alkyl halides is 1. The topological polar surface area (TPSA) is 75.3 Å². The summed E-state index contributed by atoms with van der Waals surface area (Å²) in [5, 5.41) is 2.62. The van der Waals surface area contributed by atoms with Crippen molar-refractivity contribution in [3.63, 3.8) is 0 Å². The lowest BCUT2D eigenvalue weighted by atomic mass is 9.95. The third-order valence-electron chi connectivity index (χ3n) is 2.71. The number of benzene rings is 1. The zero-order valence-electron chi connectivity index (χ0n) is 11.7. The molecule has 0 fully saturated rings. The Hall–Kier alpha value is -1.11. The van der Waals surface area contributed by atoms with Gasteiger partial charge >= 0.3 is 0 Å². The van der Waals surface area contributed by atoms with Gasteiger partial charge in [0.2, 0.25) is 15.9 Å². The van der Waals surface area contributed by atoms with E-state index in [-0.39, 0.29) is 28.9 Å². The van der Waals surface area contributed by atoms with Gasteiger partial charge in [0.25, 0.3) is 0 Å². The molecule has 1 rings (SSSR count). The quantitative estimate of drug-likeness (QED) is 0.789. The Kier molecular flexibility index (Phi) is 5.56. The predicted molar refractivity (Wildman–Crippen MR) is 80.4 cm³/mol. The van der Waals surface area contributed by atoms with Gasteiger partial charge in [-0.05, 0) is 26.0 Å². The third-order valence-corrected chi connectivity index (χ3v) is 4.98. The number of nitrogens with one attached hydrogen (secondary N) is 2. The highest BCUT2D eigenvalue weighted by atomic mass is 35.5. The predicted octanol–water partition coefficient (Wildman–Crippen LogP) is 2.19. The molecule has 0 aliphatic carbocycles. The fourth-order valence-electron chi connectivity index (χ4n) is 1.42. The molecule has 1 amide bonds.